The molecular formula is C19H30N6O2. The zero-order chi connectivity index (χ0) is 19.1. The van der Waals surface area contributed by atoms with Gasteiger partial charge in [-0.1, -0.05) is 0 Å². The van der Waals surface area contributed by atoms with E-state index in [2.05, 4.69) is 42.6 Å². The molecule has 0 spiro atoms. The molecule has 2 saturated heterocycles. The van der Waals surface area contributed by atoms with Crippen LogP contribution >= 0.6 is 0 Å². The van der Waals surface area contributed by atoms with Crippen molar-refractivity contribution in [2.75, 3.05) is 63.3 Å². The summed E-state index contributed by atoms with van der Waals surface area (Å²) in [6.07, 6.45) is 1.11. The number of amides is 1. The third-order valence-corrected chi connectivity index (χ3v) is 5.88. The fraction of sp³-hybridized carbons (Fsp3) is 0.737. The van der Waals surface area contributed by atoms with Gasteiger partial charge in [0.25, 0.3) is 5.91 Å². The highest BCUT2D eigenvalue weighted by Gasteiger charge is 2.37. The average Bonchev–Trinajstić information content (AvgIpc) is 3.27. The van der Waals surface area contributed by atoms with Gasteiger partial charge in [-0.25, -0.2) is 4.98 Å². The Morgan fingerprint density at radius 2 is 1.85 bits per heavy atom. The number of likely N-dealkylation sites (N-methyl/N-ethyl adjacent to an activating group) is 1. The maximum atomic E-state index is 13.0. The van der Waals surface area contributed by atoms with E-state index in [1.807, 2.05) is 4.90 Å². The predicted molar refractivity (Wildman–Crippen MR) is 104 cm³/mol. The highest BCUT2D eigenvalue weighted by Crippen LogP contribution is 2.34. The summed E-state index contributed by atoms with van der Waals surface area (Å²) in [4.78, 5) is 31.3. The van der Waals surface area contributed by atoms with Crippen LogP contribution in [0, 0.1) is 0 Å². The van der Waals surface area contributed by atoms with Gasteiger partial charge >= 0.3 is 0 Å². The minimum Gasteiger partial charge on any atom is -0.378 e. The molecular weight excluding hydrogens is 344 g/mol. The largest absolute Gasteiger partial charge is 0.378 e. The van der Waals surface area contributed by atoms with E-state index in [0.717, 1.165) is 44.0 Å². The number of fused-ring (bicyclic) bond motifs is 1. The Balaban J connectivity index is 1.72. The molecule has 2 fully saturated rings. The van der Waals surface area contributed by atoms with Gasteiger partial charge in [0.2, 0.25) is 5.95 Å². The molecule has 3 aliphatic rings. The predicted octanol–water partition coefficient (Wildman–Crippen LogP) is 0.818. The number of morpholine rings is 1. The van der Waals surface area contributed by atoms with Crippen molar-refractivity contribution in [3.8, 4) is 0 Å². The van der Waals surface area contributed by atoms with E-state index >= 15 is 0 Å². The molecule has 27 heavy (non-hydrogen) atoms. The topological polar surface area (TPSA) is 65.0 Å². The summed E-state index contributed by atoms with van der Waals surface area (Å²) >= 11 is 0. The van der Waals surface area contributed by atoms with Crippen molar-refractivity contribution < 1.29 is 9.53 Å². The van der Waals surface area contributed by atoms with Gasteiger partial charge in [-0.15, -0.1) is 0 Å². The van der Waals surface area contributed by atoms with Crippen molar-refractivity contribution in [3.05, 3.63) is 11.3 Å². The monoisotopic (exact) mass is 374 g/mol. The molecule has 3 aliphatic heterocycles. The van der Waals surface area contributed by atoms with Crippen molar-refractivity contribution in [2.24, 2.45) is 0 Å². The van der Waals surface area contributed by atoms with E-state index < -0.39 is 0 Å². The molecule has 8 nitrogen and oxygen atoms in total. The quantitative estimate of drug-likeness (QED) is 0.773. The summed E-state index contributed by atoms with van der Waals surface area (Å²) in [5.41, 5.74) is 1.58. The van der Waals surface area contributed by atoms with Gasteiger partial charge in [-0.2, -0.15) is 4.98 Å². The first kappa shape index (κ1) is 18.4. The van der Waals surface area contributed by atoms with E-state index in [-0.39, 0.29) is 11.9 Å². The molecule has 0 saturated carbocycles. The number of aromatic nitrogens is 2. The molecule has 8 heteroatoms. The first-order chi connectivity index (χ1) is 13.0. The average molecular weight is 374 g/mol. The second-order valence-electron chi connectivity index (χ2n) is 8.15. The normalized spacial score (nSPS) is 23.1. The molecule has 0 radical (unpaired) electrons. The van der Waals surface area contributed by atoms with Crippen LogP contribution in [0.5, 0.6) is 0 Å². The van der Waals surface area contributed by atoms with E-state index in [1.165, 1.54) is 0 Å². The van der Waals surface area contributed by atoms with E-state index in [4.69, 9.17) is 14.7 Å². The highest BCUT2D eigenvalue weighted by molar-refractivity contribution is 5.98. The first-order valence-electron chi connectivity index (χ1n) is 9.91. The number of nitrogens with zero attached hydrogens (tertiary/aromatic N) is 6. The van der Waals surface area contributed by atoms with Crippen LogP contribution in [0.15, 0.2) is 0 Å². The lowest BCUT2D eigenvalue weighted by Crippen LogP contribution is -2.38. The second-order valence-corrected chi connectivity index (χ2v) is 8.15. The fourth-order valence-electron chi connectivity index (χ4n) is 4.10. The molecule has 0 aliphatic carbocycles. The molecule has 1 aromatic rings. The van der Waals surface area contributed by atoms with Crippen LogP contribution in [-0.2, 0) is 11.3 Å². The van der Waals surface area contributed by atoms with Crippen molar-refractivity contribution in [3.63, 3.8) is 0 Å². The number of anilines is 2. The summed E-state index contributed by atoms with van der Waals surface area (Å²) in [7, 11) is 4.25. The molecule has 0 bridgehead atoms. The molecule has 0 unspecified atom stereocenters. The highest BCUT2D eigenvalue weighted by atomic mass is 16.5. The number of carbonyl (C=O) groups is 1. The summed E-state index contributed by atoms with van der Waals surface area (Å²) in [6, 6.07) is 0.667. The van der Waals surface area contributed by atoms with Gasteiger partial charge in [0, 0.05) is 43.8 Å². The molecule has 4 rings (SSSR count). The van der Waals surface area contributed by atoms with Crippen LogP contribution in [0.4, 0.5) is 11.8 Å². The van der Waals surface area contributed by atoms with Gasteiger partial charge in [0.05, 0.1) is 19.8 Å². The maximum absolute atomic E-state index is 13.0. The van der Waals surface area contributed by atoms with Crippen LogP contribution in [0.25, 0.3) is 0 Å². The van der Waals surface area contributed by atoms with Gasteiger partial charge in [-0.3, -0.25) is 4.79 Å². The molecule has 0 aromatic carbocycles. The van der Waals surface area contributed by atoms with Crippen molar-refractivity contribution in [1.29, 1.82) is 0 Å². The Morgan fingerprint density at radius 1 is 1.11 bits per heavy atom. The Morgan fingerprint density at radius 3 is 2.48 bits per heavy atom. The minimum atomic E-state index is 0.0292. The molecule has 148 valence electrons. The lowest BCUT2D eigenvalue weighted by Gasteiger charge is -2.29. The lowest BCUT2D eigenvalue weighted by atomic mass is 10.2. The van der Waals surface area contributed by atoms with Crippen LogP contribution in [0.1, 0.15) is 36.3 Å². The second kappa shape index (κ2) is 7.24. The molecule has 1 aromatic heterocycles. The van der Waals surface area contributed by atoms with Crippen molar-refractivity contribution in [1.82, 2.24) is 19.8 Å². The van der Waals surface area contributed by atoms with E-state index in [1.54, 1.807) is 0 Å². The Kier molecular flexibility index (Phi) is 4.94. The Bertz CT molecular complexity index is 716. The number of hydrogen-bond donors (Lipinski definition) is 0. The van der Waals surface area contributed by atoms with Gasteiger partial charge < -0.3 is 24.3 Å². The van der Waals surface area contributed by atoms with E-state index in [0.29, 0.717) is 37.4 Å². The molecule has 1 atom stereocenters. The zero-order valence-electron chi connectivity index (χ0n) is 16.8. The Hall–Kier alpha value is -1.93. The molecule has 4 heterocycles. The number of hydrogen-bond acceptors (Lipinski definition) is 7. The lowest BCUT2D eigenvalue weighted by molar-refractivity contribution is 0.0726. The fourth-order valence-corrected chi connectivity index (χ4v) is 4.10. The first-order valence-corrected chi connectivity index (χ1v) is 9.91. The third-order valence-electron chi connectivity index (χ3n) is 5.88. The third kappa shape index (κ3) is 3.36. The standard InChI is InChI=1S/C19H30N6O2/c1-13(2)25-12-15-16(18(25)26)20-19(23-7-9-27-10-8-23)21-17(15)24-6-5-14(11-24)22(3)4/h13-14H,5-12H2,1-4H3/t14-/m1/s1. The SMILES string of the molecule is CC(C)N1Cc2c(nc(N3CCOCC3)nc2N2CC[C@@H](N(C)C)C2)C1=O. The number of rotatable bonds is 4. The van der Waals surface area contributed by atoms with Crippen LogP contribution in [0.3, 0.4) is 0 Å². The smallest absolute Gasteiger partial charge is 0.273 e. The molecule has 0 N–H and O–H groups in total. The van der Waals surface area contributed by atoms with Gasteiger partial charge in [-0.05, 0) is 34.4 Å². The maximum Gasteiger partial charge on any atom is 0.273 e. The molecule has 1 amide bonds. The summed E-state index contributed by atoms with van der Waals surface area (Å²) in [5, 5.41) is 0. The van der Waals surface area contributed by atoms with E-state index in [9.17, 15) is 4.79 Å². The van der Waals surface area contributed by atoms with Gasteiger partial charge in [0.15, 0.2) is 0 Å². The Labute approximate surface area is 161 Å². The zero-order valence-corrected chi connectivity index (χ0v) is 16.8. The van der Waals surface area contributed by atoms with Crippen LogP contribution in [-0.4, -0.2) is 91.2 Å². The summed E-state index contributed by atoms with van der Waals surface area (Å²) < 4.78 is 5.47. The van der Waals surface area contributed by atoms with Crippen molar-refractivity contribution in [2.45, 2.75) is 38.9 Å². The van der Waals surface area contributed by atoms with Crippen LogP contribution in [0.2, 0.25) is 0 Å². The van der Waals surface area contributed by atoms with Crippen LogP contribution < -0.4 is 9.80 Å². The minimum absolute atomic E-state index is 0.0292. The van der Waals surface area contributed by atoms with Gasteiger partial charge in [0.1, 0.15) is 11.5 Å². The number of carbonyl (C=O) groups excluding carboxylic acids is 1. The summed E-state index contributed by atoms with van der Waals surface area (Å²) in [5.74, 6) is 1.64. The number of ether oxygens (including phenoxy) is 1. The van der Waals surface area contributed by atoms with Crippen molar-refractivity contribution >= 4 is 17.7 Å². The summed E-state index contributed by atoms with van der Waals surface area (Å²) in [6.45, 7) is 9.49.